The van der Waals surface area contributed by atoms with E-state index in [0.29, 0.717) is 23.9 Å². The van der Waals surface area contributed by atoms with E-state index in [-0.39, 0.29) is 26.1 Å². The van der Waals surface area contributed by atoms with Crippen molar-refractivity contribution in [2.45, 2.75) is 187 Å². The van der Waals surface area contributed by atoms with Gasteiger partial charge in [0.25, 0.3) is 7.82 Å². The SMILES string of the molecule is CC/C=C\C/C=C\C/C=C\C/C=C\C/C=C\C/C=C\CCCCCCC(=O)OC(COC(=O)CCCCCCCCCC/C=C\C/C=C\C/C=C\C/C=C\CC)COP(=O)([O-])OCC[N+](C)(C)C. The normalized spacial score (nSPS) is 14.4. The second-order valence-electron chi connectivity index (χ2n) is 18.1. The lowest BCUT2D eigenvalue weighted by Gasteiger charge is -2.28. The molecule has 68 heavy (non-hydrogen) atoms. The van der Waals surface area contributed by atoms with Crippen LogP contribution in [0.5, 0.6) is 0 Å². The van der Waals surface area contributed by atoms with Gasteiger partial charge < -0.3 is 27.9 Å². The van der Waals surface area contributed by atoms with Crippen molar-refractivity contribution < 1.29 is 42.1 Å². The Hall–Kier alpha value is -3.59. The van der Waals surface area contributed by atoms with Crippen molar-refractivity contribution in [3.05, 3.63) is 122 Å². The number of nitrogens with zero attached hydrogens (tertiary/aromatic N) is 1. The van der Waals surface area contributed by atoms with Gasteiger partial charge in [-0.3, -0.25) is 14.2 Å². The molecule has 0 amide bonds. The Labute approximate surface area is 416 Å². The molecular formula is C58H96NO8P. The minimum atomic E-state index is -4.65. The number of quaternary nitrogens is 1. The van der Waals surface area contributed by atoms with Gasteiger partial charge in [-0.05, 0) is 103 Å². The van der Waals surface area contributed by atoms with E-state index in [1.807, 2.05) is 21.1 Å². The van der Waals surface area contributed by atoms with Crippen LogP contribution in [0.25, 0.3) is 0 Å². The Morgan fingerprint density at radius 3 is 1.18 bits per heavy atom. The van der Waals surface area contributed by atoms with Crippen LogP contribution in [0.15, 0.2) is 122 Å². The van der Waals surface area contributed by atoms with E-state index in [2.05, 4.69) is 135 Å². The van der Waals surface area contributed by atoms with Crippen molar-refractivity contribution in [1.29, 1.82) is 0 Å². The second kappa shape index (κ2) is 48.4. The fourth-order valence-corrected chi connectivity index (χ4v) is 7.20. The van der Waals surface area contributed by atoms with Gasteiger partial charge in [0.05, 0.1) is 27.7 Å². The third-order valence-electron chi connectivity index (χ3n) is 10.5. The average Bonchev–Trinajstić information content (AvgIpc) is 3.30. The minimum absolute atomic E-state index is 0.0451. The first-order valence-electron chi connectivity index (χ1n) is 26.2. The lowest BCUT2D eigenvalue weighted by Crippen LogP contribution is -2.37. The van der Waals surface area contributed by atoms with E-state index in [9.17, 15) is 19.0 Å². The topological polar surface area (TPSA) is 111 Å². The van der Waals surface area contributed by atoms with E-state index in [1.165, 1.54) is 25.7 Å². The zero-order valence-electron chi connectivity index (χ0n) is 43.5. The summed E-state index contributed by atoms with van der Waals surface area (Å²) in [6.07, 6.45) is 68.0. The summed E-state index contributed by atoms with van der Waals surface area (Å²) >= 11 is 0. The molecule has 386 valence electrons. The molecule has 9 nitrogen and oxygen atoms in total. The van der Waals surface area contributed by atoms with E-state index in [4.69, 9.17) is 18.5 Å². The molecule has 0 saturated carbocycles. The number of ether oxygens (including phenoxy) is 2. The van der Waals surface area contributed by atoms with E-state index >= 15 is 0 Å². The number of hydrogen-bond donors (Lipinski definition) is 0. The van der Waals surface area contributed by atoms with Crippen LogP contribution in [-0.4, -0.2) is 70.0 Å². The average molecular weight is 966 g/mol. The molecular weight excluding hydrogens is 870 g/mol. The van der Waals surface area contributed by atoms with Crippen LogP contribution in [-0.2, 0) is 32.7 Å². The molecule has 0 aromatic carbocycles. The monoisotopic (exact) mass is 966 g/mol. The van der Waals surface area contributed by atoms with Gasteiger partial charge in [0.1, 0.15) is 19.8 Å². The Kier molecular flexibility index (Phi) is 45.9. The predicted octanol–water partition coefficient (Wildman–Crippen LogP) is 15.4. The lowest BCUT2D eigenvalue weighted by atomic mass is 10.1. The summed E-state index contributed by atoms with van der Waals surface area (Å²) < 4.78 is 34.0. The molecule has 0 aliphatic heterocycles. The minimum Gasteiger partial charge on any atom is -0.756 e. The summed E-state index contributed by atoms with van der Waals surface area (Å²) in [5.74, 6) is -0.883. The zero-order chi connectivity index (χ0) is 49.9. The third-order valence-corrected chi connectivity index (χ3v) is 11.4. The largest absolute Gasteiger partial charge is 0.756 e. The highest BCUT2D eigenvalue weighted by Crippen LogP contribution is 2.38. The van der Waals surface area contributed by atoms with Gasteiger partial charge in [0.2, 0.25) is 0 Å². The molecule has 0 bridgehead atoms. The molecule has 0 spiro atoms. The number of phosphoric acid groups is 1. The smallest absolute Gasteiger partial charge is 0.306 e. The maximum atomic E-state index is 12.8. The van der Waals surface area contributed by atoms with Gasteiger partial charge in [-0.2, -0.15) is 0 Å². The first kappa shape index (κ1) is 64.4. The molecule has 0 rings (SSSR count). The molecule has 2 unspecified atom stereocenters. The van der Waals surface area contributed by atoms with Crippen LogP contribution in [0.3, 0.4) is 0 Å². The van der Waals surface area contributed by atoms with Crippen LogP contribution >= 0.6 is 7.82 Å². The van der Waals surface area contributed by atoms with Gasteiger partial charge in [-0.1, -0.05) is 187 Å². The Bertz CT molecular complexity index is 1560. The highest BCUT2D eigenvalue weighted by atomic mass is 31.2. The number of rotatable bonds is 46. The van der Waals surface area contributed by atoms with Crippen LogP contribution in [0.1, 0.15) is 181 Å². The predicted molar refractivity (Wildman–Crippen MR) is 286 cm³/mol. The summed E-state index contributed by atoms with van der Waals surface area (Å²) in [5.41, 5.74) is 0. The lowest BCUT2D eigenvalue weighted by molar-refractivity contribution is -0.870. The number of carbonyl (C=O) groups is 2. The van der Waals surface area contributed by atoms with Crippen molar-refractivity contribution in [1.82, 2.24) is 0 Å². The molecule has 0 aliphatic carbocycles. The molecule has 0 saturated heterocycles. The highest BCUT2D eigenvalue weighted by Gasteiger charge is 2.21. The van der Waals surface area contributed by atoms with Crippen molar-refractivity contribution in [3.63, 3.8) is 0 Å². The first-order valence-corrected chi connectivity index (χ1v) is 27.7. The summed E-state index contributed by atoms with van der Waals surface area (Å²) in [4.78, 5) is 37.8. The summed E-state index contributed by atoms with van der Waals surface area (Å²) in [7, 11) is 1.12. The summed E-state index contributed by atoms with van der Waals surface area (Å²) in [5, 5.41) is 0. The Morgan fingerprint density at radius 1 is 0.456 bits per heavy atom. The van der Waals surface area contributed by atoms with E-state index in [1.54, 1.807) is 0 Å². The number of unbranched alkanes of at least 4 members (excludes halogenated alkanes) is 12. The number of hydrogen-bond acceptors (Lipinski definition) is 8. The quantitative estimate of drug-likeness (QED) is 0.0195. The van der Waals surface area contributed by atoms with Crippen molar-refractivity contribution in [3.8, 4) is 0 Å². The molecule has 0 radical (unpaired) electrons. The molecule has 0 N–H and O–H groups in total. The fraction of sp³-hybridized carbons (Fsp3) is 0.621. The number of allylic oxidation sites excluding steroid dienone is 20. The zero-order valence-corrected chi connectivity index (χ0v) is 44.4. The standard InChI is InChI=1S/C58H96NO8P/c1-6-8-10-12-14-16-18-20-22-24-26-28-29-31-33-35-37-39-41-43-45-47-49-51-58(61)67-56(55-66-68(62,63)65-53-52-59(3,4)5)54-64-57(60)50-48-46-44-42-40-38-36-34-32-30-27-25-23-21-19-17-15-13-11-9-7-2/h8-11,14-17,20-23,26-28,30-31,33,37,39,56H,6-7,12-13,18-19,24-25,29,32,34-36,38,40-55H2,1-5H3/b10-8-,11-9-,16-14-,17-15-,22-20-,23-21-,28-26-,30-27-,33-31-,39-37-. The molecule has 0 aliphatic rings. The van der Waals surface area contributed by atoms with E-state index in [0.717, 1.165) is 116 Å². The Balaban J connectivity index is 4.35. The van der Waals surface area contributed by atoms with Gasteiger partial charge in [-0.25, -0.2) is 0 Å². The van der Waals surface area contributed by atoms with Gasteiger partial charge in [0.15, 0.2) is 6.10 Å². The number of carbonyl (C=O) groups excluding carboxylic acids is 2. The maximum absolute atomic E-state index is 12.8. The van der Waals surface area contributed by atoms with Crippen LogP contribution in [0.2, 0.25) is 0 Å². The fourth-order valence-electron chi connectivity index (χ4n) is 6.47. The van der Waals surface area contributed by atoms with Crippen molar-refractivity contribution in [2.75, 3.05) is 47.5 Å². The second-order valence-corrected chi connectivity index (χ2v) is 19.5. The summed E-state index contributed by atoms with van der Waals surface area (Å²) in [6.45, 7) is 3.95. The van der Waals surface area contributed by atoms with Gasteiger partial charge >= 0.3 is 11.9 Å². The van der Waals surface area contributed by atoms with Crippen LogP contribution in [0.4, 0.5) is 0 Å². The highest BCUT2D eigenvalue weighted by molar-refractivity contribution is 7.45. The molecule has 0 heterocycles. The third kappa shape index (κ3) is 51.8. The van der Waals surface area contributed by atoms with Crippen LogP contribution < -0.4 is 4.89 Å². The Morgan fingerprint density at radius 2 is 0.794 bits per heavy atom. The van der Waals surface area contributed by atoms with Crippen molar-refractivity contribution in [2.24, 2.45) is 0 Å². The summed E-state index contributed by atoms with van der Waals surface area (Å²) in [6, 6.07) is 0. The van der Waals surface area contributed by atoms with Crippen molar-refractivity contribution >= 4 is 19.8 Å². The van der Waals surface area contributed by atoms with Gasteiger partial charge in [0, 0.05) is 12.8 Å². The number of likely N-dealkylation sites (N-methyl/N-ethyl adjacent to an activating group) is 1. The molecule has 0 aromatic rings. The molecule has 2 atom stereocenters. The maximum Gasteiger partial charge on any atom is 0.306 e. The molecule has 10 heteroatoms. The van der Waals surface area contributed by atoms with E-state index < -0.39 is 32.5 Å². The molecule has 0 fully saturated rings. The number of phosphoric ester groups is 1. The molecule has 0 aromatic heterocycles. The van der Waals surface area contributed by atoms with Crippen LogP contribution in [0, 0.1) is 0 Å². The van der Waals surface area contributed by atoms with Gasteiger partial charge in [-0.15, -0.1) is 0 Å². The first-order chi connectivity index (χ1) is 33.0. The number of esters is 2.